The van der Waals surface area contributed by atoms with Crippen molar-refractivity contribution < 1.29 is 4.92 Å². The number of nitrogens with zero attached hydrogens (tertiary/aromatic N) is 5. The van der Waals surface area contributed by atoms with Crippen molar-refractivity contribution in [1.82, 2.24) is 10.2 Å². The highest BCUT2D eigenvalue weighted by atomic mass is 16.6. The van der Waals surface area contributed by atoms with Crippen molar-refractivity contribution in [3.8, 4) is 12.1 Å². The Labute approximate surface area is 138 Å². The lowest BCUT2D eigenvalue weighted by Gasteiger charge is -2.20. The van der Waals surface area contributed by atoms with E-state index in [0.717, 1.165) is 0 Å². The molecular weight excluding hydrogens is 310 g/mol. The number of benzene rings is 1. The molecular formula is C15H15N7O2. The minimum Gasteiger partial charge on any atom is -0.381 e. The molecule has 0 amide bonds. The fraction of sp³-hybridized carbons (Fsp3) is 0.267. The number of nitrogens with two attached hydrogens (primary N) is 1. The Hall–Kier alpha value is -3.59. The van der Waals surface area contributed by atoms with Crippen LogP contribution in [0.2, 0.25) is 0 Å². The Bertz CT molecular complexity index is 844. The summed E-state index contributed by atoms with van der Waals surface area (Å²) in [6.07, 6.45) is 1.26. The average molecular weight is 325 g/mol. The van der Waals surface area contributed by atoms with Crippen LogP contribution in [0.5, 0.6) is 0 Å². The molecule has 2 rings (SSSR count). The quantitative estimate of drug-likeness (QED) is 0.606. The van der Waals surface area contributed by atoms with Gasteiger partial charge in [-0.25, -0.2) is 0 Å². The number of hydrogen-bond donors (Lipinski definition) is 2. The molecule has 9 heteroatoms. The number of aromatic nitrogens is 2. The van der Waals surface area contributed by atoms with Gasteiger partial charge in [-0.15, -0.1) is 0 Å². The molecule has 0 radical (unpaired) electrons. The number of non-ortho nitro benzene ring substituents is 1. The van der Waals surface area contributed by atoms with E-state index in [9.17, 15) is 15.4 Å². The van der Waals surface area contributed by atoms with Crippen LogP contribution in [0.1, 0.15) is 23.2 Å². The van der Waals surface area contributed by atoms with Gasteiger partial charge in [-0.05, 0) is 18.9 Å². The third-order valence-electron chi connectivity index (χ3n) is 3.62. The van der Waals surface area contributed by atoms with E-state index in [1.54, 1.807) is 13.1 Å². The number of aryl methyl sites for hydroxylation is 1. The number of nitriles is 2. The summed E-state index contributed by atoms with van der Waals surface area (Å²) in [5.41, 5.74) is 7.36. The van der Waals surface area contributed by atoms with Crippen LogP contribution in [0.3, 0.4) is 0 Å². The van der Waals surface area contributed by atoms with Crippen molar-refractivity contribution in [3.05, 3.63) is 45.1 Å². The predicted octanol–water partition coefficient (Wildman–Crippen LogP) is 1.71. The SMILES string of the molecule is CN(CCCc1[nH]nc(N)c1C#N)c1ccc([N+](=O)[O-])cc1C#N. The Morgan fingerprint density at radius 1 is 1.42 bits per heavy atom. The largest absolute Gasteiger partial charge is 0.381 e. The van der Waals surface area contributed by atoms with E-state index in [1.165, 1.54) is 12.1 Å². The van der Waals surface area contributed by atoms with Crippen LogP contribution in [0.4, 0.5) is 17.2 Å². The van der Waals surface area contributed by atoms with E-state index in [-0.39, 0.29) is 17.1 Å². The number of aromatic amines is 1. The number of rotatable bonds is 6. The Morgan fingerprint density at radius 2 is 2.17 bits per heavy atom. The second-order valence-corrected chi connectivity index (χ2v) is 5.17. The summed E-state index contributed by atoms with van der Waals surface area (Å²) in [7, 11) is 1.80. The highest BCUT2D eigenvalue weighted by Gasteiger charge is 2.14. The van der Waals surface area contributed by atoms with Crippen LogP contribution in [0.25, 0.3) is 0 Å². The number of H-pyrrole nitrogens is 1. The van der Waals surface area contributed by atoms with E-state index >= 15 is 0 Å². The minimum absolute atomic E-state index is 0.115. The summed E-state index contributed by atoms with van der Waals surface area (Å²) < 4.78 is 0. The van der Waals surface area contributed by atoms with Crippen molar-refractivity contribution in [3.63, 3.8) is 0 Å². The van der Waals surface area contributed by atoms with Gasteiger partial charge in [0.05, 0.1) is 21.9 Å². The maximum absolute atomic E-state index is 10.8. The summed E-state index contributed by atoms with van der Waals surface area (Å²) in [5, 5.41) is 35.5. The van der Waals surface area contributed by atoms with Crippen molar-refractivity contribution >= 4 is 17.2 Å². The van der Waals surface area contributed by atoms with Crippen molar-refractivity contribution in [2.45, 2.75) is 12.8 Å². The van der Waals surface area contributed by atoms with Gasteiger partial charge in [0.2, 0.25) is 0 Å². The molecule has 1 aromatic heterocycles. The highest BCUT2D eigenvalue weighted by Crippen LogP contribution is 2.24. The number of anilines is 2. The maximum Gasteiger partial charge on any atom is 0.270 e. The first kappa shape index (κ1) is 16.8. The maximum atomic E-state index is 10.8. The fourth-order valence-electron chi connectivity index (χ4n) is 2.37. The van der Waals surface area contributed by atoms with Crippen molar-refractivity contribution in [2.75, 3.05) is 24.2 Å². The standard InChI is InChI=1S/C15H15N7O2/c1-21(6-2-3-13-12(9-17)15(18)20-19-13)14-5-4-11(22(23)24)7-10(14)8-16/h4-5,7H,2-3,6H2,1H3,(H3,18,19,20). The normalized spacial score (nSPS) is 9.96. The zero-order valence-electron chi connectivity index (χ0n) is 13.0. The molecule has 0 saturated heterocycles. The van der Waals surface area contributed by atoms with Gasteiger partial charge in [0.1, 0.15) is 17.7 Å². The third kappa shape index (κ3) is 3.42. The summed E-state index contributed by atoms with van der Waals surface area (Å²) >= 11 is 0. The van der Waals surface area contributed by atoms with Gasteiger partial charge in [0.15, 0.2) is 5.82 Å². The topological polar surface area (TPSA) is 149 Å². The summed E-state index contributed by atoms with van der Waals surface area (Å²) in [5.74, 6) is 0.183. The molecule has 0 atom stereocenters. The molecule has 0 aliphatic carbocycles. The zero-order valence-corrected chi connectivity index (χ0v) is 13.0. The molecule has 9 nitrogen and oxygen atoms in total. The second-order valence-electron chi connectivity index (χ2n) is 5.17. The molecule has 122 valence electrons. The molecule has 0 spiro atoms. The van der Waals surface area contributed by atoms with Crippen LogP contribution < -0.4 is 10.6 Å². The van der Waals surface area contributed by atoms with Crippen LogP contribution in [0, 0.1) is 32.8 Å². The Balaban J connectivity index is 2.05. The van der Waals surface area contributed by atoms with Gasteiger partial charge in [-0.2, -0.15) is 15.6 Å². The smallest absolute Gasteiger partial charge is 0.270 e. The van der Waals surface area contributed by atoms with Gasteiger partial charge in [-0.1, -0.05) is 0 Å². The second kappa shape index (κ2) is 7.11. The van der Waals surface area contributed by atoms with Crippen LogP contribution in [-0.4, -0.2) is 28.7 Å². The molecule has 2 aromatic rings. The van der Waals surface area contributed by atoms with E-state index in [2.05, 4.69) is 10.2 Å². The van der Waals surface area contributed by atoms with Gasteiger partial charge in [-0.3, -0.25) is 15.2 Å². The third-order valence-corrected chi connectivity index (χ3v) is 3.62. The predicted molar refractivity (Wildman–Crippen MR) is 87.1 cm³/mol. The van der Waals surface area contributed by atoms with E-state index in [4.69, 9.17) is 11.0 Å². The lowest BCUT2D eigenvalue weighted by atomic mass is 10.1. The van der Waals surface area contributed by atoms with Crippen LogP contribution in [-0.2, 0) is 6.42 Å². The number of nitrogens with one attached hydrogen (secondary N) is 1. The van der Waals surface area contributed by atoms with Gasteiger partial charge in [0, 0.05) is 25.7 Å². The molecule has 0 fully saturated rings. The Morgan fingerprint density at radius 3 is 2.79 bits per heavy atom. The molecule has 0 saturated carbocycles. The molecule has 1 aromatic carbocycles. The first-order chi connectivity index (χ1) is 11.5. The van der Waals surface area contributed by atoms with Crippen LogP contribution >= 0.6 is 0 Å². The average Bonchev–Trinajstić information content (AvgIpc) is 2.93. The number of nitro benzene ring substituents is 1. The monoisotopic (exact) mass is 325 g/mol. The molecule has 24 heavy (non-hydrogen) atoms. The molecule has 1 heterocycles. The highest BCUT2D eigenvalue weighted by molar-refractivity contribution is 5.62. The number of nitrogen functional groups attached to an aromatic ring is 1. The van der Waals surface area contributed by atoms with E-state index < -0.39 is 4.92 Å². The summed E-state index contributed by atoms with van der Waals surface area (Å²) in [6.45, 7) is 0.594. The van der Waals surface area contributed by atoms with Crippen molar-refractivity contribution in [1.29, 1.82) is 10.5 Å². The van der Waals surface area contributed by atoms with Crippen molar-refractivity contribution in [2.24, 2.45) is 0 Å². The van der Waals surface area contributed by atoms with E-state index in [0.29, 0.717) is 36.3 Å². The zero-order chi connectivity index (χ0) is 17.7. The van der Waals surface area contributed by atoms with Gasteiger partial charge >= 0.3 is 0 Å². The lowest BCUT2D eigenvalue weighted by Crippen LogP contribution is -2.20. The molecule has 0 unspecified atom stereocenters. The molecule has 3 N–H and O–H groups in total. The fourth-order valence-corrected chi connectivity index (χ4v) is 2.37. The molecule has 0 bridgehead atoms. The van der Waals surface area contributed by atoms with Crippen LogP contribution in [0.15, 0.2) is 18.2 Å². The Kier molecular flexibility index (Phi) is 4.97. The lowest BCUT2D eigenvalue weighted by molar-refractivity contribution is -0.384. The molecule has 0 aliphatic heterocycles. The first-order valence-electron chi connectivity index (χ1n) is 7.10. The van der Waals surface area contributed by atoms with Gasteiger partial charge in [0.25, 0.3) is 5.69 Å². The van der Waals surface area contributed by atoms with E-state index in [1.807, 2.05) is 17.0 Å². The minimum atomic E-state index is -0.531. The van der Waals surface area contributed by atoms with Gasteiger partial charge < -0.3 is 10.6 Å². The number of nitro groups is 1. The summed E-state index contributed by atoms with van der Waals surface area (Å²) in [6, 6.07) is 8.18. The number of hydrogen-bond acceptors (Lipinski definition) is 7. The molecule has 0 aliphatic rings. The first-order valence-corrected chi connectivity index (χ1v) is 7.10. The summed E-state index contributed by atoms with van der Waals surface area (Å²) in [4.78, 5) is 12.1.